The van der Waals surface area contributed by atoms with Gasteiger partial charge in [-0.1, -0.05) is 0 Å². The summed E-state index contributed by atoms with van der Waals surface area (Å²) in [5.41, 5.74) is 0.537. The fourth-order valence-electron chi connectivity index (χ4n) is 0.812. The van der Waals surface area contributed by atoms with Crippen LogP contribution in [0.25, 0.3) is 0 Å². The molecular formula is C7H6INO2. The monoisotopic (exact) mass is 263 g/mol. The van der Waals surface area contributed by atoms with Gasteiger partial charge in [-0.25, -0.2) is 0 Å². The van der Waals surface area contributed by atoms with Gasteiger partial charge in [0.15, 0.2) is 6.29 Å². The fourth-order valence-corrected chi connectivity index (χ4v) is 1.18. The van der Waals surface area contributed by atoms with Gasteiger partial charge in [-0.15, -0.1) is 0 Å². The van der Waals surface area contributed by atoms with E-state index in [1.807, 2.05) is 0 Å². The lowest BCUT2D eigenvalue weighted by atomic mass is 10.5. The molecule has 1 heterocycles. The zero-order valence-electron chi connectivity index (χ0n) is 5.66. The first kappa shape index (κ1) is 8.45. The standard InChI is InChI=1S/C7H6INO2/c8-7(11)4-9-3-1-2-6(9)5-10/h1-3,5H,4H2. The van der Waals surface area contributed by atoms with Crippen molar-refractivity contribution in [2.75, 3.05) is 0 Å². The van der Waals surface area contributed by atoms with Gasteiger partial charge < -0.3 is 4.57 Å². The highest BCUT2D eigenvalue weighted by Gasteiger charge is 2.01. The lowest BCUT2D eigenvalue weighted by molar-refractivity contribution is -0.109. The molecule has 0 aliphatic rings. The third kappa shape index (κ3) is 2.14. The molecule has 11 heavy (non-hydrogen) atoms. The molecule has 0 aromatic carbocycles. The second kappa shape index (κ2) is 3.66. The molecule has 0 amide bonds. The second-order valence-electron chi connectivity index (χ2n) is 2.03. The van der Waals surface area contributed by atoms with Crippen molar-refractivity contribution in [1.29, 1.82) is 0 Å². The first-order chi connectivity index (χ1) is 5.24. The van der Waals surface area contributed by atoms with Crippen LogP contribution in [0.4, 0.5) is 0 Å². The molecule has 4 heteroatoms. The second-order valence-corrected chi connectivity index (χ2v) is 3.24. The molecule has 0 aliphatic carbocycles. The topological polar surface area (TPSA) is 39.1 Å². The minimum absolute atomic E-state index is 0.0156. The molecule has 1 aromatic heterocycles. The molecule has 0 saturated carbocycles. The number of hydrogen-bond donors (Lipinski definition) is 0. The van der Waals surface area contributed by atoms with Gasteiger partial charge >= 0.3 is 0 Å². The van der Waals surface area contributed by atoms with Gasteiger partial charge in [0.05, 0.1) is 12.2 Å². The Hall–Kier alpha value is -0.650. The summed E-state index contributed by atoms with van der Waals surface area (Å²) >= 11 is 1.70. The van der Waals surface area contributed by atoms with Crippen LogP contribution in [-0.2, 0) is 11.3 Å². The molecule has 58 valence electrons. The summed E-state index contributed by atoms with van der Waals surface area (Å²) in [5.74, 6) is 0. The van der Waals surface area contributed by atoms with Crippen molar-refractivity contribution in [3.05, 3.63) is 24.0 Å². The number of aldehydes is 1. The van der Waals surface area contributed by atoms with Crippen LogP contribution < -0.4 is 0 Å². The quantitative estimate of drug-likeness (QED) is 0.468. The maximum atomic E-state index is 10.6. The zero-order valence-corrected chi connectivity index (χ0v) is 7.82. The molecule has 0 bridgehead atoms. The van der Waals surface area contributed by atoms with E-state index in [-0.39, 0.29) is 10.3 Å². The van der Waals surface area contributed by atoms with Crippen LogP contribution in [0.3, 0.4) is 0 Å². The lowest BCUT2D eigenvalue weighted by Crippen LogP contribution is -2.05. The highest BCUT2D eigenvalue weighted by molar-refractivity contribution is 14.1. The normalized spacial score (nSPS) is 9.55. The SMILES string of the molecule is O=Cc1cccn1CC(=O)I. The molecule has 0 unspecified atom stereocenters. The van der Waals surface area contributed by atoms with E-state index in [0.717, 1.165) is 6.29 Å². The van der Waals surface area contributed by atoms with Crippen molar-refractivity contribution in [1.82, 2.24) is 4.57 Å². The summed E-state index contributed by atoms with van der Waals surface area (Å²) in [5, 5.41) is 0. The van der Waals surface area contributed by atoms with Gasteiger partial charge in [-0.3, -0.25) is 9.59 Å². The van der Waals surface area contributed by atoms with Crippen LogP contribution in [0.5, 0.6) is 0 Å². The van der Waals surface area contributed by atoms with E-state index in [9.17, 15) is 9.59 Å². The highest BCUT2D eigenvalue weighted by atomic mass is 127. The smallest absolute Gasteiger partial charge is 0.211 e. The van der Waals surface area contributed by atoms with E-state index in [1.54, 1.807) is 45.5 Å². The Kier molecular flexibility index (Phi) is 2.81. The molecule has 1 aromatic rings. The summed E-state index contributed by atoms with van der Waals surface area (Å²) in [6, 6.07) is 3.41. The van der Waals surface area contributed by atoms with Crippen molar-refractivity contribution < 1.29 is 9.59 Å². The minimum atomic E-state index is 0.0156. The molecule has 3 nitrogen and oxygen atoms in total. The van der Waals surface area contributed by atoms with Gasteiger partial charge in [0.25, 0.3) is 0 Å². The largest absolute Gasteiger partial charge is 0.337 e. The number of halogens is 1. The van der Waals surface area contributed by atoms with Gasteiger partial charge in [0.2, 0.25) is 3.79 Å². The van der Waals surface area contributed by atoms with Crippen molar-refractivity contribution in [2.24, 2.45) is 0 Å². The van der Waals surface area contributed by atoms with Crippen molar-refractivity contribution in [3.63, 3.8) is 0 Å². The summed E-state index contributed by atoms with van der Waals surface area (Å²) in [4.78, 5) is 21.0. The molecule has 0 spiro atoms. The van der Waals surface area contributed by atoms with E-state index < -0.39 is 0 Å². The number of hydrogen-bond acceptors (Lipinski definition) is 2. The van der Waals surface area contributed by atoms with Crippen molar-refractivity contribution >= 4 is 32.7 Å². The number of nitrogens with zero attached hydrogens (tertiary/aromatic N) is 1. The fraction of sp³-hybridized carbons (Fsp3) is 0.143. The average Bonchev–Trinajstić information content (AvgIpc) is 2.34. The molecule has 0 fully saturated rings. The molecule has 0 aliphatic heterocycles. The Bertz CT molecular complexity index is 280. The van der Waals surface area contributed by atoms with Crippen LogP contribution in [0.2, 0.25) is 0 Å². The maximum absolute atomic E-state index is 10.6. The predicted octanol–water partition coefficient (Wildman–Crippen LogP) is 1.26. The van der Waals surface area contributed by atoms with Crippen LogP contribution in [-0.4, -0.2) is 14.6 Å². The first-order valence-corrected chi connectivity index (χ1v) is 4.10. The Morgan fingerprint density at radius 2 is 2.45 bits per heavy atom. The zero-order chi connectivity index (χ0) is 8.27. The maximum Gasteiger partial charge on any atom is 0.211 e. The van der Waals surface area contributed by atoms with Crippen molar-refractivity contribution in [2.45, 2.75) is 6.54 Å². The van der Waals surface area contributed by atoms with E-state index in [1.165, 1.54) is 0 Å². The summed E-state index contributed by atoms with van der Waals surface area (Å²) in [7, 11) is 0. The molecule has 0 radical (unpaired) electrons. The summed E-state index contributed by atoms with van der Waals surface area (Å²) < 4.78 is 1.63. The Labute approximate surface area is 77.5 Å². The third-order valence-corrected chi connectivity index (χ3v) is 1.62. The number of aromatic nitrogens is 1. The van der Waals surface area contributed by atoms with E-state index in [4.69, 9.17) is 0 Å². The minimum Gasteiger partial charge on any atom is -0.337 e. The van der Waals surface area contributed by atoms with E-state index in [2.05, 4.69) is 0 Å². The molecule has 0 N–H and O–H groups in total. The van der Waals surface area contributed by atoms with Crippen LogP contribution in [0, 0.1) is 0 Å². The van der Waals surface area contributed by atoms with Gasteiger partial charge in [-0.2, -0.15) is 0 Å². The Morgan fingerprint density at radius 1 is 1.73 bits per heavy atom. The van der Waals surface area contributed by atoms with Crippen LogP contribution in [0.15, 0.2) is 18.3 Å². The number of carbonyl (C=O) groups excluding carboxylic acids is 2. The summed E-state index contributed by atoms with van der Waals surface area (Å²) in [6.45, 7) is 0.266. The molecule has 0 saturated heterocycles. The number of rotatable bonds is 3. The van der Waals surface area contributed by atoms with Gasteiger partial charge in [0, 0.05) is 28.8 Å². The van der Waals surface area contributed by atoms with Gasteiger partial charge in [0.1, 0.15) is 0 Å². The van der Waals surface area contributed by atoms with Crippen LogP contribution >= 0.6 is 22.6 Å². The Balaban J connectivity index is 2.84. The van der Waals surface area contributed by atoms with E-state index >= 15 is 0 Å². The first-order valence-electron chi connectivity index (χ1n) is 3.02. The molecule has 1 rings (SSSR count). The average molecular weight is 263 g/mol. The van der Waals surface area contributed by atoms with Crippen LogP contribution in [0.1, 0.15) is 10.5 Å². The summed E-state index contributed by atoms with van der Waals surface area (Å²) in [6.07, 6.45) is 2.44. The van der Waals surface area contributed by atoms with Crippen molar-refractivity contribution in [3.8, 4) is 0 Å². The third-order valence-electron chi connectivity index (χ3n) is 1.28. The molecular weight excluding hydrogens is 257 g/mol. The Morgan fingerprint density at radius 3 is 3.00 bits per heavy atom. The molecule has 0 atom stereocenters. The lowest BCUT2D eigenvalue weighted by Gasteiger charge is -1.98. The highest BCUT2D eigenvalue weighted by Crippen LogP contribution is 2.00. The van der Waals surface area contributed by atoms with E-state index in [0.29, 0.717) is 5.69 Å². The predicted molar refractivity (Wildman–Crippen MR) is 48.8 cm³/mol. The number of carbonyl (C=O) groups is 2. The van der Waals surface area contributed by atoms with Gasteiger partial charge in [-0.05, 0) is 12.1 Å².